The molecular formula is C23H29IN2O4S. The van der Waals surface area contributed by atoms with Crippen molar-refractivity contribution in [3.8, 4) is 5.75 Å². The number of thioether (sulfide) groups is 1. The van der Waals surface area contributed by atoms with Crippen LogP contribution in [-0.4, -0.2) is 63.8 Å². The molecule has 0 N–H and O–H groups in total. The summed E-state index contributed by atoms with van der Waals surface area (Å²) in [4.78, 5) is 28.3. The first kappa shape index (κ1) is 25.5. The summed E-state index contributed by atoms with van der Waals surface area (Å²) in [5.41, 5.74) is 1.76. The van der Waals surface area contributed by atoms with Gasteiger partial charge in [-0.25, -0.2) is 0 Å². The maximum Gasteiger partial charge on any atom is 0.303 e. The molecule has 0 aromatic heterocycles. The van der Waals surface area contributed by atoms with Gasteiger partial charge in [0.15, 0.2) is 6.10 Å². The van der Waals surface area contributed by atoms with E-state index in [1.807, 2.05) is 48.5 Å². The molecule has 168 valence electrons. The summed E-state index contributed by atoms with van der Waals surface area (Å²) in [7, 11) is 7.88. The zero-order valence-electron chi connectivity index (χ0n) is 18.5. The van der Waals surface area contributed by atoms with Gasteiger partial charge in [0.25, 0.3) is 5.91 Å². The van der Waals surface area contributed by atoms with Gasteiger partial charge in [-0.15, -0.1) is 11.8 Å². The molecule has 1 amide bonds. The second-order valence-electron chi connectivity index (χ2n) is 8.31. The molecule has 3 rings (SSSR count). The molecule has 0 bridgehead atoms. The van der Waals surface area contributed by atoms with Gasteiger partial charge >= 0.3 is 5.97 Å². The third kappa shape index (κ3) is 6.36. The molecule has 1 aliphatic heterocycles. The largest absolute Gasteiger partial charge is 1.00 e. The second-order valence-corrected chi connectivity index (χ2v) is 9.50. The van der Waals surface area contributed by atoms with Crippen LogP contribution in [0, 0.1) is 0 Å². The second kappa shape index (κ2) is 10.7. The molecule has 2 aromatic carbocycles. The Kier molecular flexibility index (Phi) is 8.79. The summed E-state index contributed by atoms with van der Waals surface area (Å²) in [6.07, 6.45) is -0.916. The molecule has 31 heavy (non-hydrogen) atoms. The molecule has 8 heteroatoms. The van der Waals surface area contributed by atoms with Crippen LogP contribution in [-0.2, 0) is 14.3 Å². The monoisotopic (exact) mass is 556 g/mol. The topological polar surface area (TPSA) is 55.8 Å². The number of anilines is 1. The summed E-state index contributed by atoms with van der Waals surface area (Å²) in [5.74, 6) is 0.0691. The van der Waals surface area contributed by atoms with E-state index in [2.05, 4.69) is 21.1 Å². The number of esters is 1. The SMILES string of the molecule is COc1ccc([C@@H]2Sc3ccccc3N(CC[N+](C)(C)C)C(=O)[C@@H]2OC(C)=O)cc1.[I-]. The fourth-order valence-electron chi connectivity index (χ4n) is 3.34. The number of benzene rings is 2. The number of nitrogens with zero attached hydrogens (tertiary/aromatic N) is 2. The van der Waals surface area contributed by atoms with Crippen LogP contribution in [0.3, 0.4) is 0 Å². The van der Waals surface area contributed by atoms with Gasteiger partial charge < -0.3 is 42.8 Å². The van der Waals surface area contributed by atoms with E-state index in [1.54, 1.807) is 23.8 Å². The summed E-state index contributed by atoms with van der Waals surface area (Å²) in [6, 6.07) is 15.4. The molecular weight excluding hydrogens is 527 g/mol. The Morgan fingerprint density at radius 1 is 1.10 bits per heavy atom. The van der Waals surface area contributed by atoms with Crippen molar-refractivity contribution in [2.45, 2.75) is 23.2 Å². The highest BCUT2D eigenvalue weighted by Gasteiger charge is 2.41. The molecule has 0 radical (unpaired) electrons. The molecule has 0 saturated carbocycles. The van der Waals surface area contributed by atoms with Gasteiger partial charge in [0.1, 0.15) is 5.75 Å². The summed E-state index contributed by atoms with van der Waals surface area (Å²) >= 11 is 1.55. The standard InChI is InChI=1S/C23H29N2O4S.HI/c1-16(26)29-21-22(17-10-12-18(28-5)13-11-17)30-20-9-7-6-8-19(20)24(23(21)27)14-15-25(2,3)4;/h6-13,21-22H,14-15H2,1-5H3;1H/q+1;/p-1/t21-,22+;/m1./s1. The third-order valence-corrected chi connectivity index (χ3v) is 6.30. The van der Waals surface area contributed by atoms with Crippen LogP contribution >= 0.6 is 11.8 Å². The van der Waals surface area contributed by atoms with Gasteiger partial charge in [-0.05, 0) is 29.8 Å². The number of likely N-dealkylation sites (N-methyl/N-ethyl adjacent to an activating group) is 1. The van der Waals surface area contributed by atoms with Crippen LogP contribution in [0.15, 0.2) is 53.4 Å². The highest BCUT2D eigenvalue weighted by molar-refractivity contribution is 7.99. The van der Waals surface area contributed by atoms with E-state index in [0.717, 1.165) is 32.9 Å². The molecule has 0 aliphatic carbocycles. The molecule has 1 aliphatic rings. The summed E-state index contributed by atoms with van der Waals surface area (Å²) in [6.45, 7) is 2.65. The Bertz CT molecular complexity index is 915. The van der Waals surface area contributed by atoms with Crippen molar-refractivity contribution < 1.29 is 47.5 Å². The number of rotatable bonds is 6. The van der Waals surface area contributed by atoms with Crippen LogP contribution < -0.4 is 33.6 Å². The average Bonchev–Trinajstić information content (AvgIpc) is 2.81. The van der Waals surface area contributed by atoms with E-state index in [0.29, 0.717) is 6.54 Å². The zero-order valence-corrected chi connectivity index (χ0v) is 21.5. The fraction of sp³-hybridized carbons (Fsp3) is 0.391. The Morgan fingerprint density at radius 2 is 1.74 bits per heavy atom. The predicted molar refractivity (Wildman–Crippen MR) is 119 cm³/mol. The average molecular weight is 556 g/mol. The lowest BCUT2D eigenvalue weighted by atomic mass is 10.1. The first-order valence-electron chi connectivity index (χ1n) is 9.88. The van der Waals surface area contributed by atoms with Crippen molar-refractivity contribution in [3.63, 3.8) is 0 Å². The van der Waals surface area contributed by atoms with Gasteiger partial charge in [0.2, 0.25) is 0 Å². The number of methoxy groups -OCH3 is 1. The van der Waals surface area contributed by atoms with Crippen LogP contribution in [0.4, 0.5) is 5.69 Å². The molecule has 0 spiro atoms. The Labute approximate surface area is 205 Å². The Hall–Kier alpha value is -1.78. The minimum Gasteiger partial charge on any atom is -1.00 e. The van der Waals surface area contributed by atoms with Crippen molar-refractivity contribution >= 4 is 29.3 Å². The predicted octanol–water partition coefficient (Wildman–Crippen LogP) is 0.517. The first-order chi connectivity index (χ1) is 14.2. The highest BCUT2D eigenvalue weighted by atomic mass is 127. The highest BCUT2D eigenvalue weighted by Crippen LogP contribution is 2.46. The molecule has 2 atom stereocenters. The van der Waals surface area contributed by atoms with E-state index < -0.39 is 12.1 Å². The summed E-state index contributed by atoms with van der Waals surface area (Å²) in [5, 5.41) is -0.359. The van der Waals surface area contributed by atoms with Crippen molar-refractivity contribution in [1.29, 1.82) is 0 Å². The van der Waals surface area contributed by atoms with Gasteiger partial charge in [-0.2, -0.15) is 0 Å². The van der Waals surface area contributed by atoms with E-state index in [4.69, 9.17) is 9.47 Å². The molecule has 2 aromatic rings. The Balaban J connectivity index is 0.00000341. The lowest BCUT2D eigenvalue weighted by Crippen LogP contribution is -3.00. The minimum absolute atomic E-state index is 0. The quantitative estimate of drug-likeness (QED) is 0.295. The molecule has 0 saturated heterocycles. The lowest BCUT2D eigenvalue weighted by Gasteiger charge is -2.31. The van der Waals surface area contributed by atoms with Gasteiger partial charge in [-0.1, -0.05) is 24.3 Å². The molecule has 0 unspecified atom stereocenters. The van der Waals surface area contributed by atoms with Gasteiger partial charge in [0, 0.05) is 11.8 Å². The summed E-state index contributed by atoms with van der Waals surface area (Å²) < 4.78 is 11.6. The van der Waals surface area contributed by atoms with Crippen molar-refractivity contribution in [3.05, 3.63) is 54.1 Å². The van der Waals surface area contributed by atoms with Crippen molar-refractivity contribution in [2.24, 2.45) is 0 Å². The molecule has 1 heterocycles. The number of carbonyl (C=O) groups is 2. The number of fused-ring (bicyclic) bond motifs is 1. The maximum atomic E-state index is 13.7. The number of carbonyl (C=O) groups excluding carboxylic acids is 2. The number of hydrogen-bond acceptors (Lipinski definition) is 5. The zero-order chi connectivity index (χ0) is 21.9. The van der Waals surface area contributed by atoms with E-state index in [9.17, 15) is 9.59 Å². The fourth-order valence-corrected chi connectivity index (χ4v) is 4.66. The Morgan fingerprint density at radius 3 is 2.32 bits per heavy atom. The lowest BCUT2D eigenvalue weighted by molar-refractivity contribution is -0.868. The number of para-hydroxylation sites is 1. The van der Waals surface area contributed by atoms with Crippen LogP contribution in [0.5, 0.6) is 5.75 Å². The smallest absolute Gasteiger partial charge is 0.303 e. The number of halogens is 1. The minimum atomic E-state index is -0.916. The van der Waals surface area contributed by atoms with Crippen LogP contribution in [0.1, 0.15) is 17.7 Å². The van der Waals surface area contributed by atoms with E-state index in [-0.39, 0.29) is 35.1 Å². The number of quaternary nitrogens is 1. The first-order valence-corrected chi connectivity index (χ1v) is 10.8. The maximum absolute atomic E-state index is 13.7. The van der Waals surface area contributed by atoms with Crippen LogP contribution in [0.2, 0.25) is 0 Å². The normalized spacial score (nSPS) is 18.5. The van der Waals surface area contributed by atoms with E-state index in [1.165, 1.54) is 6.92 Å². The number of hydrogen-bond donors (Lipinski definition) is 0. The van der Waals surface area contributed by atoms with Crippen molar-refractivity contribution in [2.75, 3.05) is 46.2 Å². The molecule has 6 nitrogen and oxygen atoms in total. The number of ether oxygens (including phenoxy) is 2. The third-order valence-electron chi connectivity index (χ3n) is 4.93. The van der Waals surface area contributed by atoms with Crippen LogP contribution in [0.25, 0.3) is 0 Å². The van der Waals surface area contributed by atoms with E-state index >= 15 is 0 Å². The van der Waals surface area contributed by atoms with Gasteiger partial charge in [-0.3, -0.25) is 9.59 Å². The van der Waals surface area contributed by atoms with Crippen molar-refractivity contribution in [1.82, 2.24) is 0 Å². The van der Waals surface area contributed by atoms with Gasteiger partial charge in [0.05, 0.1) is 52.3 Å². The number of amides is 1. The molecule has 0 fully saturated rings.